The van der Waals surface area contributed by atoms with Crippen LogP contribution in [0.25, 0.3) is 0 Å². The molecule has 0 aliphatic carbocycles. The molecule has 0 spiro atoms. The zero-order chi connectivity index (χ0) is 10.9. The van der Waals surface area contributed by atoms with Gasteiger partial charge in [0.15, 0.2) is 0 Å². The van der Waals surface area contributed by atoms with Crippen molar-refractivity contribution in [3.8, 4) is 5.75 Å². The highest BCUT2D eigenvalue weighted by Crippen LogP contribution is 2.34. The summed E-state index contributed by atoms with van der Waals surface area (Å²) in [6, 6.07) is 0.183. The summed E-state index contributed by atoms with van der Waals surface area (Å²) in [7, 11) is 0. The SMILES string of the molecule is Cc1c(F)cc(Cl)c(O)c1C(N)CO. The molecule has 3 nitrogen and oxygen atoms in total. The lowest BCUT2D eigenvalue weighted by Gasteiger charge is -2.15. The van der Waals surface area contributed by atoms with E-state index in [1.54, 1.807) is 0 Å². The van der Waals surface area contributed by atoms with Crippen LogP contribution in [0.5, 0.6) is 5.75 Å². The zero-order valence-electron chi connectivity index (χ0n) is 7.59. The van der Waals surface area contributed by atoms with E-state index in [2.05, 4.69) is 0 Å². The molecule has 14 heavy (non-hydrogen) atoms. The summed E-state index contributed by atoms with van der Waals surface area (Å²) in [5.41, 5.74) is 5.85. The molecule has 0 heterocycles. The fourth-order valence-corrected chi connectivity index (χ4v) is 1.47. The number of rotatable bonds is 2. The summed E-state index contributed by atoms with van der Waals surface area (Å²) in [6.07, 6.45) is 0. The van der Waals surface area contributed by atoms with Gasteiger partial charge in [-0.2, -0.15) is 0 Å². The van der Waals surface area contributed by atoms with Crippen molar-refractivity contribution < 1.29 is 14.6 Å². The van der Waals surface area contributed by atoms with E-state index in [1.807, 2.05) is 0 Å². The molecule has 0 aliphatic rings. The van der Waals surface area contributed by atoms with Gasteiger partial charge >= 0.3 is 0 Å². The molecule has 0 amide bonds. The van der Waals surface area contributed by atoms with Crippen LogP contribution in [0, 0.1) is 12.7 Å². The van der Waals surface area contributed by atoms with Crippen molar-refractivity contribution in [2.75, 3.05) is 6.61 Å². The van der Waals surface area contributed by atoms with E-state index >= 15 is 0 Å². The molecule has 5 heteroatoms. The van der Waals surface area contributed by atoms with Crippen LogP contribution in [0.4, 0.5) is 4.39 Å². The number of hydrogen-bond donors (Lipinski definition) is 3. The van der Waals surface area contributed by atoms with Gasteiger partial charge in [0, 0.05) is 5.56 Å². The number of aromatic hydroxyl groups is 1. The smallest absolute Gasteiger partial charge is 0.139 e. The third-order valence-corrected chi connectivity index (χ3v) is 2.35. The van der Waals surface area contributed by atoms with Crippen molar-refractivity contribution in [3.05, 3.63) is 28.0 Å². The molecular formula is C9H11ClFNO2. The Labute approximate surface area is 85.9 Å². The van der Waals surface area contributed by atoms with E-state index in [9.17, 15) is 9.50 Å². The molecule has 1 atom stereocenters. The molecule has 0 aliphatic heterocycles. The Morgan fingerprint density at radius 2 is 2.21 bits per heavy atom. The maximum atomic E-state index is 13.2. The molecule has 0 saturated heterocycles. The molecule has 1 rings (SSSR count). The summed E-state index contributed by atoms with van der Waals surface area (Å²) < 4.78 is 13.2. The molecular weight excluding hydrogens is 209 g/mol. The molecule has 0 bridgehead atoms. The lowest BCUT2D eigenvalue weighted by molar-refractivity contribution is 0.264. The first-order chi connectivity index (χ1) is 6.49. The Kier molecular flexibility index (Phi) is 3.31. The zero-order valence-corrected chi connectivity index (χ0v) is 8.35. The maximum absolute atomic E-state index is 13.2. The molecule has 78 valence electrons. The van der Waals surface area contributed by atoms with Crippen LogP contribution in [-0.2, 0) is 0 Å². The molecule has 0 aromatic heterocycles. The molecule has 0 radical (unpaired) electrons. The summed E-state index contributed by atoms with van der Waals surface area (Å²) in [5, 5.41) is 18.2. The monoisotopic (exact) mass is 219 g/mol. The number of aliphatic hydroxyl groups is 1. The van der Waals surface area contributed by atoms with E-state index in [-0.39, 0.29) is 28.5 Å². The highest BCUT2D eigenvalue weighted by molar-refractivity contribution is 6.32. The fourth-order valence-electron chi connectivity index (χ4n) is 1.27. The predicted molar refractivity (Wildman–Crippen MR) is 51.8 cm³/mol. The van der Waals surface area contributed by atoms with Gasteiger partial charge in [0.05, 0.1) is 17.7 Å². The lowest BCUT2D eigenvalue weighted by atomic mass is 10.0. The first-order valence-corrected chi connectivity index (χ1v) is 4.40. The Bertz CT molecular complexity index is 331. The molecule has 0 saturated carbocycles. The molecule has 1 aromatic rings. The number of phenolic OH excluding ortho intramolecular Hbond substituents is 1. The van der Waals surface area contributed by atoms with E-state index in [4.69, 9.17) is 22.4 Å². The Balaban J connectivity index is 3.39. The van der Waals surface area contributed by atoms with E-state index in [0.29, 0.717) is 0 Å². The van der Waals surface area contributed by atoms with Crippen LogP contribution in [0.15, 0.2) is 6.07 Å². The number of aliphatic hydroxyl groups excluding tert-OH is 1. The van der Waals surface area contributed by atoms with Crippen LogP contribution in [0.1, 0.15) is 17.2 Å². The van der Waals surface area contributed by atoms with E-state index in [0.717, 1.165) is 6.07 Å². The van der Waals surface area contributed by atoms with E-state index in [1.165, 1.54) is 6.92 Å². The summed E-state index contributed by atoms with van der Waals surface area (Å²) in [4.78, 5) is 0. The van der Waals surface area contributed by atoms with Crippen LogP contribution < -0.4 is 5.73 Å². The average Bonchev–Trinajstić information content (AvgIpc) is 2.15. The third kappa shape index (κ3) is 1.82. The van der Waals surface area contributed by atoms with Crippen molar-refractivity contribution in [1.29, 1.82) is 0 Å². The van der Waals surface area contributed by atoms with Crippen LogP contribution in [0.2, 0.25) is 5.02 Å². The number of halogens is 2. The van der Waals surface area contributed by atoms with Gasteiger partial charge in [0.2, 0.25) is 0 Å². The first kappa shape index (κ1) is 11.2. The van der Waals surface area contributed by atoms with Gasteiger partial charge in [0.25, 0.3) is 0 Å². The third-order valence-electron chi connectivity index (χ3n) is 2.06. The van der Waals surface area contributed by atoms with Gasteiger partial charge in [0.1, 0.15) is 11.6 Å². The van der Waals surface area contributed by atoms with E-state index < -0.39 is 11.9 Å². The minimum atomic E-state index is -0.830. The topological polar surface area (TPSA) is 66.5 Å². The molecule has 1 unspecified atom stereocenters. The molecule has 1 aromatic carbocycles. The van der Waals surface area contributed by atoms with Crippen molar-refractivity contribution >= 4 is 11.6 Å². The number of hydrogen-bond acceptors (Lipinski definition) is 3. The van der Waals surface area contributed by atoms with Gasteiger partial charge in [-0.1, -0.05) is 11.6 Å². The van der Waals surface area contributed by atoms with Crippen molar-refractivity contribution in [3.63, 3.8) is 0 Å². The average molecular weight is 220 g/mol. The standard InChI is InChI=1S/C9H11ClFNO2/c1-4-6(11)2-5(10)9(14)8(4)7(12)3-13/h2,7,13-14H,3,12H2,1H3. The Morgan fingerprint density at radius 1 is 1.64 bits per heavy atom. The summed E-state index contributed by atoms with van der Waals surface area (Å²) in [5.74, 6) is -0.821. The Hall–Kier alpha value is -0.840. The van der Waals surface area contributed by atoms with Gasteiger partial charge < -0.3 is 15.9 Å². The maximum Gasteiger partial charge on any atom is 0.139 e. The first-order valence-electron chi connectivity index (χ1n) is 4.03. The fraction of sp³-hybridized carbons (Fsp3) is 0.333. The predicted octanol–water partition coefficient (Wildman–Crippen LogP) is 1.49. The van der Waals surface area contributed by atoms with Gasteiger partial charge in [-0.05, 0) is 18.6 Å². The minimum absolute atomic E-state index is 0.105. The second-order valence-electron chi connectivity index (χ2n) is 3.02. The molecule has 4 N–H and O–H groups in total. The number of benzene rings is 1. The second-order valence-corrected chi connectivity index (χ2v) is 3.42. The Morgan fingerprint density at radius 3 is 2.71 bits per heavy atom. The van der Waals surface area contributed by atoms with Crippen LogP contribution in [-0.4, -0.2) is 16.8 Å². The highest BCUT2D eigenvalue weighted by Gasteiger charge is 2.18. The number of phenols is 1. The largest absolute Gasteiger partial charge is 0.506 e. The minimum Gasteiger partial charge on any atom is -0.506 e. The second kappa shape index (κ2) is 4.13. The summed E-state index contributed by atoms with van der Waals surface area (Å²) >= 11 is 5.56. The van der Waals surface area contributed by atoms with Crippen molar-refractivity contribution in [2.45, 2.75) is 13.0 Å². The van der Waals surface area contributed by atoms with Gasteiger partial charge in [-0.25, -0.2) is 4.39 Å². The van der Waals surface area contributed by atoms with Crippen molar-refractivity contribution in [2.24, 2.45) is 5.73 Å². The van der Waals surface area contributed by atoms with Crippen molar-refractivity contribution in [1.82, 2.24) is 0 Å². The quantitative estimate of drug-likeness (QED) is 0.706. The number of nitrogens with two attached hydrogens (primary N) is 1. The highest BCUT2D eigenvalue weighted by atomic mass is 35.5. The summed E-state index contributed by atoms with van der Waals surface area (Å²) in [6.45, 7) is 1.09. The van der Waals surface area contributed by atoms with Crippen LogP contribution in [0.3, 0.4) is 0 Å². The van der Waals surface area contributed by atoms with Gasteiger partial charge in [-0.15, -0.1) is 0 Å². The van der Waals surface area contributed by atoms with Crippen LogP contribution >= 0.6 is 11.6 Å². The molecule has 0 fully saturated rings. The normalized spacial score (nSPS) is 12.9. The lowest BCUT2D eigenvalue weighted by Crippen LogP contribution is -2.16. The van der Waals surface area contributed by atoms with Gasteiger partial charge in [-0.3, -0.25) is 0 Å².